The lowest BCUT2D eigenvalue weighted by atomic mass is 10.1. The Kier molecular flexibility index (Phi) is 3.23. The molecule has 2 nitrogen and oxygen atoms in total. The van der Waals surface area contributed by atoms with Crippen LogP contribution in [0, 0.1) is 5.92 Å². The minimum atomic E-state index is 0.840. The standard InChI is InChI=1S/C11H22N2/c1-10-8-12-13(9-10)11-6-4-2-3-5-7-11/h10-12H,2-9H2,1H3. The Labute approximate surface area is 81.7 Å². The summed E-state index contributed by atoms with van der Waals surface area (Å²) in [6, 6.07) is 0.840. The van der Waals surface area contributed by atoms with Gasteiger partial charge in [0.2, 0.25) is 0 Å². The highest BCUT2D eigenvalue weighted by Crippen LogP contribution is 2.23. The predicted octanol–water partition coefficient (Wildman–Crippen LogP) is 2.17. The molecule has 0 aromatic rings. The maximum Gasteiger partial charge on any atom is 0.0243 e. The summed E-state index contributed by atoms with van der Waals surface area (Å²) >= 11 is 0. The summed E-state index contributed by atoms with van der Waals surface area (Å²) in [5, 5.41) is 2.51. The first-order valence-electron chi connectivity index (χ1n) is 5.86. The Morgan fingerprint density at radius 3 is 2.31 bits per heavy atom. The van der Waals surface area contributed by atoms with Crippen molar-refractivity contribution in [2.75, 3.05) is 13.1 Å². The van der Waals surface area contributed by atoms with E-state index in [-0.39, 0.29) is 0 Å². The molecule has 0 bridgehead atoms. The van der Waals surface area contributed by atoms with E-state index in [1.807, 2.05) is 0 Å². The van der Waals surface area contributed by atoms with Gasteiger partial charge in [0.1, 0.15) is 0 Å². The fraction of sp³-hybridized carbons (Fsp3) is 1.00. The van der Waals surface area contributed by atoms with Gasteiger partial charge in [0.05, 0.1) is 0 Å². The monoisotopic (exact) mass is 182 g/mol. The van der Waals surface area contributed by atoms with Crippen molar-refractivity contribution < 1.29 is 0 Å². The van der Waals surface area contributed by atoms with Crippen LogP contribution < -0.4 is 5.43 Å². The molecule has 2 fully saturated rings. The molecule has 1 saturated carbocycles. The highest BCUT2D eigenvalue weighted by molar-refractivity contribution is 4.78. The molecular weight excluding hydrogens is 160 g/mol. The summed E-state index contributed by atoms with van der Waals surface area (Å²) in [6.45, 7) is 4.80. The Balaban J connectivity index is 1.84. The zero-order valence-electron chi connectivity index (χ0n) is 8.76. The van der Waals surface area contributed by atoms with Gasteiger partial charge in [0.15, 0.2) is 0 Å². The third-order valence-corrected chi connectivity index (χ3v) is 3.42. The first kappa shape index (κ1) is 9.47. The molecule has 2 rings (SSSR count). The third kappa shape index (κ3) is 2.44. The van der Waals surface area contributed by atoms with Crippen LogP contribution in [0.1, 0.15) is 45.4 Å². The number of hydrogen-bond acceptors (Lipinski definition) is 2. The van der Waals surface area contributed by atoms with E-state index in [1.54, 1.807) is 0 Å². The smallest absolute Gasteiger partial charge is 0.0243 e. The summed E-state index contributed by atoms with van der Waals surface area (Å²) in [4.78, 5) is 0. The molecule has 1 aliphatic carbocycles. The maximum atomic E-state index is 3.54. The van der Waals surface area contributed by atoms with Crippen LogP contribution in [0.4, 0.5) is 0 Å². The lowest BCUT2D eigenvalue weighted by molar-refractivity contribution is 0.155. The summed E-state index contributed by atoms with van der Waals surface area (Å²) < 4.78 is 0. The summed E-state index contributed by atoms with van der Waals surface area (Å²) in [5.41, 5.74) is 3.54. The molecule has 0 aromatic heterocycles. The highest BCUT2D eigenvalue weighted by atomic mass is 15.5. The molecule has 1 saturated heterocycles. The van der Waals surface area contributed by atoms with E-state index in [0.29, 0.717) is 0 Å². The summed E-state index contributed by atoms with van der Waals surface area (Å²) in [6.07, 6.45) is 8.63. The Bertz CT molecular complexity index is 150. The van der Waals surface area contributed by atoms with E-state index in [2.05, 4.69) is 17.4 Å². The van der Waals surface area contributed by atoms with Gasteiger partial charge < -0.3 is 0 Å². The predicted molar refractivity (Wildman–Crippen MR) is 55.4 cm³/mol. The van der Waals surface area contributed by atoms with Gasteiger partial charge in [-0.3, -0.25) is 5.43 Å². The summed E-state index contributed by atoms with van der Waals surface area (Å²) in [5.74, 6) is 0.850. The van der Waals surface area contributed by atoms with Gasteiger partial charge in [0.25, 0.3) is 0 Å². The number of hydrazine groups is 1. The molecule has 0 radical (unpaired) electrons. The van der Waals surface area contributed by atoms with Gasteiger partial charge in [-0.2, -0.15) is 0 Å². The van der Waals surface area contributed by atoms with Crippen LogP contribution in [-0.2, 0) is 0 Å². The van der Waals surface area contributed by atoms with Gasteiger partial charge >= 0.3 is 0 Å². The van der Waals surface area contributed by atoms with Crippen LogP contribution in [0.3, 0.4) is 0 Å². The molecule has 0 aromatic carbocycles. The lowest BCUT2D eigenvalue weighted by Crippen LogP contribution is -2.40. The molecular formula is C11H22N2. The van der Waals surface area contributed by atoms with Crippen LogP contribution in [-0.4, -0.2) is 24.1 Å². The minimum Gasteiger partial charge on any atom is -0.255 e. The van der Waals surface area contributed by atoms with E-state index in [1.165, 1.54) is 51.6 Å². The molecule has 2 aliphatic rings. The number of rotatable bonds is 1. The van der Waals surface area contributed by atoms with Crippen molar-refractivity contribution in [3.63, 3.8) is 0 Å². The van der Waals surface area contributed by atoms with Crippen molar-refractivity contribution >= 4 is 0 Å². The lowest BCUT2D eigenvalue weighted by Gasteiger charge is -2.26. The van der Waals surface area contributed by atoms with Crippen molar-refractivity contribution in [2.45, 2.75) is 51.5 Å². The van der Waals surface area contributed by atoms with Crippen molar-refractivity contribution in [2.24, 2.45) is 5.92 Å². The van der Waals surface area contributed by atoms with E-state index >= 15 is 0 Å². The van der Waals surface area contributed by atoms with Crippen LogP contribution in [0.15, 0.2) is 0 Å². The minimum absolute atomic E-state index is 0.840. The van der Waals surface area contributed by atoms with Gasteiger partial charge in [0, 0.05) is 19.1 Å². The highest BCUT2D eigenvalue weighted by Gasteiger charge is 2.25. The largest absolute Gasteiger partial charge is 0.255 e. The molecule has 76 valence electrons. The average molecular weight is 182 g/mol. The van der Waals surface area contributed by atoms with E-state index in [4.69, 9.17) is 0 Å². The Hall–Kier alpha value is -0.0800. The maximum absolute atomic E-state index is 3.54. The SMILES string of the molecule is CC1CNN(C2CCCCCC2)C1. The normalized spacial score (nSPS) is 33.5. The van der Waals surface area contributed by atoms with Crippen molar-refractivity contribution in [3.05, 3.63) is 0 Å². The van der Waals surface area contributed by atoms with Crippen molar-refractivity contribution in [1.82, 2.24) is 10.4 Å². The quantitative estimate of drug-likeness (QED) is 0.625. The second-order valence-corrected chi connectivity index (χ2v) is 4.77. The van der Waals surface area contributed by atoms with Gasteiger partial charge in [-0.1, -0.05) is 32.6 Å². The van der Waals surface area contributed by atoms with Crippen molar-refractivity contribution in [3.8, 4) is 0 Å². The van der Waals surface area contributed by atoms with E-state index < -0.39 is 0 Å². The zero-order valence-corrected chi connectivity index (χ0v) is 8.76. The number of nitrogens with one attached hydrogen (secondary N) is 1. The summed E-state index contributed by atoms with van der Waals surface area (Å²) in [7, 11) is 0. The second-order valence-electron chi connectivity index (χ2n) is 4.77. The molecule has 1 heterocycles. The van der Waals surface area contributed by atoms with Crippen LogP contribution in [0.2, 0.25) is 0 Å². The van der Waals surface area contributed by atoms with Gasteiger partial charge in [-0.25, -0.2) is 5.01 Å². The molecule has 0 spiro atoms. The number of nitrogens with zero attached hydrogens (tertiary/aromatic N) is 1. The molecule has 1 aliphatic heterocycles. The topological polar surface area (TPSA) is 15.3 Å². The van der Waals surface area contributed by atoms with E-state index in [9.17, 15) is 0 Å². The Morgan fingerprint density at radius 1 is 1.08 bits per heavy atom. The Morgan fingerprint density at radius 2 is 1.77 bits per heavy atom. The fourth-order valence-corrected chi connectivity index (χ4v) is 2.59. The first-order chi connectivity index (χ1) is 6.36. The number of hydrogen-bond donors (Lipinski definition) is 1. The first-order valence-corrected chi connectivity index (χ1v) is 5.86. The molecule has 0 amide bonds. The third-order valence-electron chi connectivity index (χ3n) is 3.42. The van der Waals surface area contributed by atoms with Gasteiger partial charge in [-0.05, 0) is 18.8 Å². The van der Waals surface area contributed by atoms with Crippen LogP contribution >= 0.6 is 0 Å². The molecule has 2 heteroatoms. The average Bonchev–Trinajstić information content (AvgIpc) is 2.43. The molecule has 13 heavy (non-hydrogen) atoms. The van der Waals surface area contributed by atoms with E-state index in [0.717, 1.165) is 12.0 Å². The molecule has 1 N–H and O–H groups in total. The molecule has 1 atom stereocenters. The van der Waals surface area contributed by atoms with Gasteiger partial charge in [-0.15, -0.1) is 0 Å². The van der Waals surface area contributed by atoms with Crippen LogP contribution in [0.5, 0.6) is 0 Å². The second kappa shape index (κ2) is 4.43. The van der Waals surface area contributed by atoms with Crippen molar-refractivity contribution in [1.29, 1.82) is 0 Å². The molecule has 1 unspecified atom stereocenters. The zero-order chi connectivity index (χ0) is 9.10. The fourth-order valence-electron chi connectivity index (χ4n) is 2.59. The van der Waals surface area contributed by atoms with Crippen LogP contribution in [0.25, 0.3) is 0 Å².